The van der Waals surface area contributed by atoms with Crippen molar-refractivity contribution < 1.29 is 28.1 Å². The van der Waals surface area contributed by atoms with Crippen molar-refractivity contribution >= 4 is 5.97 Å². The van der Waals surface area contributed by atoms with Crippen LogP contribution in [0.4, 0.5) is 4.39 Å². The average Bonchev–Trinajstić information content (AvgIpc) is 2.94. The second kappa shape index (κ2) is 13.5. The third-order valence-electron chi connectivity index (χ3n) is 8.18. The molecule has 1 aliphatic rings. The Morgan fingerprint density at radius 3 is 2.22 bits per heavy atom. The number of rotatable bonds is 12. The summed E-state index contributed by atoms with van der Waals surface area (Å²) in [5.74, 6) is 1.56. The van der Waals surface area contributed by atoms with Crippen molar-refractivity contribution in [3.63, 3.8) is 0 Å². The summed E-state index contributed by atoms with van der Waals surface area (Å²) < 4.78 is 37.4. The molecule has 0 N–H and O–H groups in total. The highest BCUT2D eigenvalue weighted by molar-refractivity contribution is 5.73. The van der Waals surface area contributed by atoms with Crippen molar-refractivity contribution in [2.24, 2.45) is 17.3 Å². The number of methoxy groups -OCH3 is 3. The number of carbonyl (C=O) groups is 1. The van der Waals surface area contributed by atoms with Crippen molar-refractivity contribution in [3.8, 4) is 22.6 Å². The molecule has 1 saturated carbocycles. The predicted octanol–water partition coefficient (Wildman–Crippen LogP) is 8.34. The topological polar surface area (TPSA) is 54.0 Å². The van der Waals surface area contributed by atoms with Crippen LogP contribution >= 0.6 is 0 Å². The summed E-state index contributed by atoms with van der Waals surface area (Å²) in [7, 11) is 4.74. The van der Waals surface area contributed by atoms with E-state index in [2.05, 4.69) is 39.0 Å². The van der Waals surface area contributed by atoms with Crippen molar-refractivity contribution in [2.45, 2.75) is 65.6 Å². The number of ether oxygens (including phenoxy) is 4. The number of hydrogen-bond acceptors (Lipinski definition) is 5. The van der Waals surface area contributed by atoms with Gasteiger partial charge in [-0.2, -0.15) is 0 Å². The Balaban J connectivity index is 1.44. The van der Waals surface area contributed by atoms with Gasteiger partial charge in [-0.15, -0.1) is 0 Å². The van der Waals surface area contributed by atoms with Crippen LogP contribution in [0.5, 0.6) is 11.5 Å². The molecule has 3 atom stereocenters. The monoisotopic (exact) mass is 562 g/mol. The predicted molar refractivity (Wildman–Crippen MR) is 160 cm³/mol. The van der Waals surface area contributed by atoms with Gasteiger partial charge in [0.1, 0.15) is 23.9 Å². The van der Waals surface area contributed by atoms with Gasteiger partial charge >= 0.3 is 5.97 Å². The Morgan fingerprint density at radius 1 is 0.902 bits per heavy atom. The van der Waals surface area contributed by atoms with Gasteiger partial charge in [0.05, 0.1) is 26.2 Å². The van der Waals surface area contributed by atoms with E-state index in [-0.39, 0.29) is 29.2 Å². The molecule has 0 spiro atoms. The Morgan fingerprint density at radius 2 is 1.61 bits per heavy atom. The first-order valence-electron chi connectivity index (χ1n) is 14.4. The summed E-state index contributed by atoms with van der Waals surface area (Å²) in [5.41, 5.74) is 4.18. The molecule has 1 fully saturated rings. The Hall–Kier alpha value is -3.38. The van der Waals surface area contributed by atoms with Crippen LogP contribution < -0.4 is 9.47 Å². The lowest BCUT2D eigenvalue weighted by Gasteiger charge is -2.34. The van der Waals surface area contributed by atoms with Gasteiger partial charge in [0.2, 0.25) is 0 Å². The van der Waals surface area contributed by atoms with Crippen LogP contribution in [0, 0.1) is 23.1 Å². The van der Waals surface area contributed by atoms with E-state index in [1.165, 1.54) is 18.7 Å². The first kappa shape index (κ1) is 30.6. The fourth-order valence-electron chi connectivity index (χ4n) is 5.81. The summed E-state index contributed by atoms with van der Waals surface area (Å²) in [5, 5.41) is 0. The number of hydrogen-bond donors (Lipinski definition) is 0. The molecule has 3 aromatic carbocycles. The fraction of sp³-hybridized carbons (Fsp3) is 0.457. The molecule has 0 aromatic heterocycles. The summed E-state index contributed by atoms with van der Waals surface area (Å²) in [6.07, 6.45) is 4.88. The molecule has 4 rings (SSSR count). The van der Waals surface area contributed by atoms with Gasteiger partial charge in [0, 0.05) is 12.7 Å². The van der Waals surface area contributed by atoms with Crippen LogP contribution in [-0.2, 0) is 27.3 Å². The Bertz CT molecular complexity index is 1310. The maximum Gasteiger partial charge on any atom is 0.308 e. The average molecular weight is 563 g/mol. The quantitative estimate of drug-likeness (QED) is 0.208. The number of esters is 1. The lowest BCUT2D eigenvalue weighted by Crippen LogP contribution is -2.33. The van der Waals surface area contributed by atoms with Crippen molar-refractivity contribution in [1.82, 2.24) is 0 Å². The molecule has 5 nitrogen and oxygen atoms in total. The largest absolute Gasteiger partial charge is 0.497 e. The SMILES string of the molecule is COC(=O)[C@H]1CC[C@H]1CCCc1ccc(OCc2ccc(-c3cc(OC)ccc3F)c([C@@H](OC)C(C)(C)C)c2)cc1. The second-order valence-electron chi connectivity index (χ2n) is 12.0. The van der Waals surface area contributed by atoms with Crippen LogP contribution in [-0.4, -0.2) is 27.3 Å². The highest BCUT2D eigenvalue weighted by Crippen LogP contribution is 2.42. The lowest BCUT2D eigenvalue weighted by molar-refractivity contribution is -0.151. The van der Waals surface area contributed by atoms with Gasteiger partial charge in [-0.1, -0.05) is 45.0 Å². The Kier molecular flexibility index (Phi) is 10.1. The summed E-state index contributed by atoms with van der Waals surface area (Å²) in [6, 6.07) is 19.0. The zero-order valence-corrected chi connectivity index (χ0v) is 25.2. The summed E-state index contributed by atoms with van der Waals surface area (Å²) >= 11 is 0. The molecule has 41 heavy (non-hydrogen) atoms. The van der Waals surface area contributed by atoms with Gasteiger partial charge in [-0.3, -0.25) is 4.79 Å². The summed E-state index contributed by atoms with van der Waals surface area (Å²) in [6.45, 7) is 6.72. The molecule has 0 radical (unpaired) electrons. The third kappa shape index (κ3) is 7.48. The molecule has 1 aliphatic carbocycles. The molecular weight excluding hydrogens is 519 g/mol. The number of carbonyl (C=O) groups excluding carboxylic acids is 1. The summed E-state index contributed by atoms with van der Waals surface area (Å²) in [4.78, 5) is 11.8. The van der Waals surface area contributed by atoms with Gasteiger partial charge in [0.25, 0.3) is 0 Å². The minimum Gasteiger partial charge on any atom is -0.497 e. The van der Waals surface area contributed by atoms with E-state index in [1.54, 1.807) is 26.4 Å². The molecule has 6 heteroatoms. The van der Waals surface area contributed by atoms with Gasteiger partial charge in [0.15, 0.2) is 0 Å². The third-order valence-corrected chi connectivity index (χ3v) is 8.18. The standard InChI is InChI=1S/C35H43FO5/c1-35(2,3)33(39-5)31-20-24(12-17-29(31)30-21-27(38-4)16-19-32(30)36)22-41-26-14-10-23(11-15-26)8-7-9-25-13-18-28(25)34(37)40-6/h10-12,14-17,19-21,25,28,33H,7-9,13,18,22H2,1-6H3/t25-,28+,33-/m1/s1. The molecule has 0 amide bonds. The minimum atomic E-state index is -0.309. The van der Waals surface area contributed by atoms with Crippen LogP contribution in [0.3, 0.4) is 0 Å². The van der Waals surface area contributed by atoms with E-state index in [9.17, 15) is 4.79 Å². The second-order valence-corrected chi connectivity index (χ2v) is 12.0. The number of benzene rings is 3. The van der Waals surface area contributed by atoms with Crippen LogP contribution in [0.2, 0.25) is 0 Å². The van der Waals surface area contributed by atoms with Gasteiger partial charge in [-0.25, -0.2) is 4.39 Å². The first-order valence-corrected chi connectivity index (χ1v) is 14.4. The van der Waals surface area contributed by atoms with E-state index < -0.39 is 0 Å². The molecule has 0 saturated heterocycles. The van der Waals surface area contributed by atoms with Crippen LogP contribution in [0.1, 0.15) is 69.2 Å². The maximum atomic E-state index is 15.0. The van der Waals surface area contributed by atoms with Crippen LogP contribution in [0.25, 0.3) is 11.1 Å². The Labute approximate surface area is 244 Å². The minimum absolute atomic E-state index is 0.0619. The van der Waals surface area contributed by atoms with Gasteiger partial charge in [-0.05, 0) is 102 Å². The van der Waals surface area contributed by atoms with E-state index in [4.69, 9.17) is 18.9 Å². The molecule has 3 aromatic rings. The van der Waals surface area contributed by atoms with E-state index in [1.807, 2.05) is 24.3 Å². The number of aryl methyl sites for hydroxylation is 1. The van der Waals surface area contributed by atoms with Gasteiger partial charge < -0.3 is 18.9 Å². The highest BCUT2D eigenvalue weighted by atomic mass is 19.1. The zero-order valence-electron chi connectivity index (χ0n) is 25.2. The molecular formula is C35H43FO5. The lowest BCUT2D eigenvalue weighted by atomic mass is 9.71. The molecule has 0 aliphatic heterocycles. The zero-order chi connectivity index (χ0) is 29.6. The molecule has 220 valence electrons. The van der Waals surface area contributed by atoms with Crippen molar-refractivity contribution in [3.05, 3.63) is 83.2 Å². The molecule has 0 bridgehead atoms. The van der Waals surface area contributed by atoms with E-state index >= 15 is 4.39 Å². The smallest absolute Gasteiger partial charge is 0.308 e. The first-order chi connectivity index (χ1) is 19.6. The maximum absolute atomic E-state index is 15.0. The molecule has 0 heterocycles. The number of halogens is 1. The normalized spacial score (nSPS) is 17.4. The van der Waals surface area contributed by atoms with Crippen molar-refractivity contribution in [1.29, 1.82) is 0 Å². The van der Waals surface area contributed by atoms with Crippen LogP contribution in [0.15, 0.2) is 60.7 Å². The molecule has 0 unspecified atom stereocenters. The van der Waals surface area contributed by atoms with E-state index in [0.29, 0.717) is 23.8 Å². The highest BCUT2D eigenvalue weighted by Gasteiger charge is 2.36. The van der Waals surface area contributed by atoms with Crippen molar-refractivity contribution in [2.75, 3.05) is 21.3 Å². The van der Waals surface area contributed by atoms with E-state index in [0.717, 1.165) is 54.5 Å². The fourth-order valence-corrected chi connectivity index (χ4v) is 5.81.